The van der Waals surface area contributed by atoms with E-state index < -0.39 is 6.04 Å². The first kappa shape index (κ1) is 19.1. The monoisotopic (exact) mass is 390 g/mol. The molecule has 27 heavy (non-hydrogen) atoms. The van der Waals surface area contributed by atoms with E-state index in [0.29, 0.717) is 35.1 Å². The second kappa shape index (κ2) is 8.35. The molecule has 8 heteroatoms. The van der Waals surface area contributed by atoms with E-state index in [-0.39, 0.29) is 17.6 Å². The zero-order chi connectivity index (χ0) is 19.4. The smallest absolute Gasteiger partial charge is 0.244 e. The molecule has 1 atom stereocenters. The molecule has 0 spiro atoms. The molecule has 1 aromatic carbocycles. The number of benzene rings is 1. The first-order valence-electron chi connectivity index (χ1n) is 8.73. The van der Waals surface area contributed by atoms with Crippen molar-refractivity contribution >= 4 is 29.5 Å². The van der Waals surface area contributed by atoms with Gasteiger partial charge in [-0.1, -0.05) is 11.6 Å². The van der Waals surface area contributed by atoms with E-state index in [2.05, 4.69) is 15.7 Å². The van der Waals surface area contributed by atoms with Gasteiger partial charge < -0.3 is 10.6 Å². The van der Waals surface area contributed by atoms with Crippen LogP contribution in [0.5, 0.6) is 0 Å². The largest absolute Gasteiger partial charge is 0.354 e. The van der Waals surface area contributed by atoms with Crippen LogP contribution in [0.25, 0.3) is 11.8 Å². The number of aromatic nitrogens is 2. The second-order valence-electron chi connectivity index (χ2n) is 6.36. The van der Waals surface area contributed by atoms with Crippen LogP contribution in [0.2, 0.25) is 5.15 Å². The summed E-state index contributed by atoms with van der Waals surface area (Å²) in [6.45, 7) is 2.40. The zero-order valence-corrected chi connectivity index (χ0v) is 15.6. The number of hydrogen-bond donors (Lipinski definition) is 2. The van der Waals surface area contributed by atoms with E-state index in [1.54, 1.807) is 25.1 Å². The molecule has 142 valence electrons. The maximum atomic E-state index is 13.1. The fourth-order valence-electron chi connectivity index (χ4n) is 2.91. The van der Waals surface area contributed by atoms with E-state index in [9.17, 15) is 14.0 Å². The van der Waals surface area contributed by atoms with Crippen LogP contribution in [0.1, 0.15) is 30.5 Å². The lowest BCUT2D eigenvalue weighted by Gasteiger charge is -2.13. The van der Waals surface area contributed by atoms with Crippen molar-refractivity contribution in [1.82, 2.24) is 20.4 Å². The van der Waals surface area contributed by atoms with Crippen molar-refractivity contribution < 1.29 is 14.0 Å². The minimum Gasteiger partial charge on any atom is -0.354 e. The summed E-state index contributed by atoms with van der Waals surface area (Å²) in [7, 11) is 0. The molecule has 2 N–H and O–H groups in total. The Bertz CT molecular complexity index is 877. The predicted octanol–water partition coefficient (Wildman–Crippen LogP) is 2.77. The van der Waals surface area contributed by atoms with Crippen LogP contribution in [-0.2, 0) is 9.59 Å². The van der Waals surface area contributed by atoms with Gasteiger partial charge in [0.25, 0.3) is 0 Å². The number of halogens is 2. The summed E-state index contributed by atoms with van der Waals surface area (Å²) in [6, 6.07) is 5.26. The summed E-state index contributed by atoms with van der Waals surface area (Å²) in [4.78, 5) is 24.1. The molecule has 1 fully saturated rings. The Labute approximate surface area is 161 Å². The van der Waals surface area contributed by atoms with E-state index in [0.717, 1.165) is 12.8 Å². The molecule has 2 aromatic rings. The van der Waals surface area contributed by atoms with Gasteiger partial charge in [-0.25, -0.2) is 9.07 Å². The van der Waals surface area contributed by atoms with Crippen LogP contribution in [0.4, 0.5) is 4.39 Å². The Morgan fingerprint density at radius 3 is 2.85 bits per heavy atom. The molecule has 0 aliphatic carbocycles. The third-order valence-electron chi connectivity index (χ3n) is 4.37. The second-order valence-corrected chi connectivity index (χ2v) is 6.72. The molecule has 1 saturated heterocycles. The summed E-state index contributed by atoms with van der Waals surface area (Å²) in [5, 5.41) is 10.1. The Morgan fingerprint density at radius 2 is 2.11 bits per heavy atom. The van der Waals surface area contributed by atoms with Crippen LogP contribution in [-0.4, -0.2) is 34.2 Å². The minimum absolute atomic E-state index is 0.160. The number of nitrogens with zero attached hydrogens (tertiary/aromatic N) is 2. The summed E-state index contributed by atoms with van der Waals surface area (Å²) >= 11 is 6.38. The fraction of sp³-hybridized carbons (Fsp3) is 0.316. The highest BCUT2D eigenvalue weighted by molar-refractivity contribution is 6.31. The molecule has 3 rings (SSSR count). The maximum absolute atomic E-state index is 13.1. The van der Waals surface area contributed by atoms with Gasteiger partial charge in [0, 0.05) is 18.2 Å². The minimum atomic E-state index is -0.525. The molecule has 2 amide bonds. The van der Waals surface area contributed by atoms with Crippen molar-refractivity contribution in [3.63, 3.8) is 0 Å². The van der Waals surface area contributed by atoms with Gasteiger partial charge in [0.1, 0.15) is 17.0 Å². The molecule has 2 heterocycles. The Balaban J connectivity index is 1.74. The van der Waals surface area contributed by atoms with Crippen LogP contribution >= 0.6 is 11.6 Å². The fourth-order valence-corrected chi connectivity index (χ4v) is 3.24. The molecule has 0 saturated carbocycles. The van der Waals surface area contributed by atoms with Crippen LogP contribution in [0.3, 0.4) is 0 Å². The number of carbonyl (C=O) groups is 2. The summed E-state index contributed by atoms with van der Waals surface area (Å²) in [5.41, 5.74) is 1.82. The third-order valence-corrected chi connectivity index (χ3v) is 4.74. The average molecular weight is 391 g/mol. The number of aryl methyl sites for hydroxylation is 1. The molecule has 6 nitrogen and oxygen atoms in total. The van der Waals surface area contributed by atoms with Crippen molar-refractivity contribution in [2.75, 3.05) is 6.54 Å². The van der Waals surface area contributed by atoms with Crippen molar-refractivity contribution in [1.29, 1.82) is 0 Å². The molecule has 0 bridgehead atoms. The SMILES string of the molecule is Cc1nn(-c2ccc(F)cc2)c(Cl)c1C=CC(=O)NC1CCCCNC1=O. The van der Waals surface area contributed by atoms with Crippen LogP contribution in [0.15, 0.2) is 30.3 Å². The Morgan fingerprint density at radius 1 is 1.37 bits per heavy atom. The number of amides is 2. The first-order chi connectivity index (χ1) is 13.0. The molecular formula is C19H20ClFN4O2. The normalized spacial score (nSPS) is 17.6. The van der Waals surface area contributed by atoms with Gasteiger partial charge in [-0.05, 0) is 56.5 Å². The number of carbonyl (C=O) groups excluding carboxylic acids is 2. The van der Waals surface area contributed by atoms with E-state index in [1.807, 2.05) is 0 Å². The van der Waals surface area contributed by atoms with Crippen molar-refractivity contribution in [3.05, 3.63) is 52.6 Å². The van der Waals surface area contributed by atoms with Crippen molar-refractivity contribution in [2.24, 2.45) is 0 Å². The molecule has 1 aliphatic rings. The Kier molecular flexibility index (Phi) is 5.91. The number of hydrogen-bond acceptors (Lipinski definition) is 3. The third kappa shape index (κ3) is 4.54. The Hall–Kier alpha value is -2.67. The van der Waals surface area contributed by atoms with Gasteiger partial charge in [-0.3, -0.25) is 9.59 Å². The standard InChI is InChI=1S/C19H20ClFN4O2/c1-12-15(18(20)25(24-12)14-7-5-13(21)6-8-14)9-10-17(26)23-16-4-2-3-11-22-19(16)27/h5-10,16H,2-4,11H2,1H3,(H,22,27)(H,23,26). The first-order valence-corrected chi connectivity index (χ1v) is 9.11. The molecule has 1 aromatic heterocycles. The lowest BCUT2D eigenvalue weighted by atomic mass is 10.1. The van der Waals surface area contributed by atoms with Crippen LogP contribution in [0, 0.1) is 12.7 Å². The van der Waals surface area contributed by atoms with Gasteiger partial charge in [-0.2, -0.15) is 5.10 Å². The van der Waals surface area contributed by atoms with Gasteiger partial charge in [0.2, 0.25) is 11.8 Å². The zero-order valence-electron chi connectivity index (χ0n) is 14.8. The maximum Gasteiger partial charge on any atom is 0.244 e. The van der Waals surface area contributed by atoms with Gasteiger partial charge in [0.15, 0.2) is 0 Å². The van der Waals surface area contributed by atoms with Crippen molar-refractivity contribution in [2.45, 2.75) is 32.2 Å². The van der Waals surface area contributed by atoms with E-state index in [4.69, 9.17) is 11.6 Å². The molecule has 1 aliphatic heterocycles. The summed E-state index contributed by atoms with van der Waals surface area (Å²) < 4.78 is 14.6. The lowest BCUT2D eigenvalue weighted by molar-refractivity contribution is -0.126. The predicted molar refractivity (Wildman–Crippen MR) is 101 cm³/mol. The van der Waals surface area contributed by atoms with Gasteiger partial charge >= 0.3 is 0 Å². The lowest BCUT2D eigenvalue weighted by Crippen LogP contribution is -2.44. The highest BCUT2D eigenvalue weighted by atomic mass is 35.5. The van der Waals surface area contributed by atoms with Gasteiger partial charge in [0.05, 0.1) is 11.4 Å². The topological polar surface area (TPSA) is 76.0 Å². The van der Waals surface area contributed by atoms with E-state index >= 15 is 0 Å². The molecule has 0 radical (unpaired) electrons. The number of nitrogens with one attached hydrogen (secondary N) is 2. The quantitative estimate of drug-likeness (QED) is 0.788. The number of rotatable bonds is 4. The summed E-state index contributed by atoms with van der Waals surface area (Å²) in [6.07, 6.45) is 5.31. The highest BCUT2D eigenvalue weighted by Gasteiger charge is 2.21. The summed E-state index contributed by atoms with van der Waals surface area (Å²) in [5.74, 6) is -0.882. The highest BCUT2D eigenvalue weighted by Crippen LogP contribution is 2.24. The van der Waals surface area contributed by atoms with Crippen LogP contribution < -0.4 is 10.6 Å². The average Bonchev–Trinajstić information content (AvgIpc) is 2.78. The van der Waals surface area contributed by atoms with Gasteiger partial charge in [-0.15, -0.1) is 0 Å². The molecular weight excluding hydrogens is 371 g/mol. The van der Waals surface area contributed by atoms with Crippen molar-refractivity contribution in [3.8, 4) is 5.69 Å². The van der Waals surface area contributed by atoms with E-state index in [1.165, 1.54) is 22.9 Å². The molecule has 1 unspecified atom stereocenters.